The van der Waals surface area contributed by atoms with Crippen LogP contribution in [0.3, 0.4) is 0 Å². The van der Waals surface area contributed by atoms with E-state index in [4.69, 9.17) is 4.74 Å². The third-order valence-corrected chi connectivity index (χ3v) is 2.99. The summed E-state index contributed by atoms with van der Waals surface area (Å²) in [4.78, 5) is 15.8. The molecule has 0 saturated carbocycles. The Morgan fingerprint density at radius 3 is 2.74 bits per heavy atom. The first-order chi connectivity index (χ1) is 9.24. The average molecular weight is 320 g/mol. The van der Waals surface area contributed by atoms with E-state index in [0.717, 1.165) is 15.8 Å². The van der Waals surface area contributed by atoms with Crippen molar-refractivity contribution >= 4 is 21.7 Å². The first kappa shape index (κ1) is 13.7. The number of ether oxygens (including phenoxy) is 1. The molecule has 0 unspecified atom stereocenters. The minimum atomic E-state index is 0.149. The van der Waals surface area contributed by atoms with Gasteiger partial charge in [-0.05, 0) is 39.7 Å². The van der Waals surface area contributed by atoms with Crippen molar-refractivity contribution in [3.05, 3.63) is 58.8 Å². The van der Waals surface area contributed by atoms with Crippen LogP contribution in [0.15, 0.2) is 53.3 Å². The highest BCUT2D eigenvalue weighted by Gasteiger charge is 2.05. The summed E-state index contributed by atoms with van der Waals surface area (Å²) in [6.07, 6.45) is 4.21. The number of para-hydroxylation sites is 1. The summed E-state index contributed by atoms with van der Waals surface area (Å²) in [5.74, 6) is 0.940. The number of hydrogen-bond acceptors (Lipinski definition) is 3. The summed E-state index contributed by atoms with van der Waals surface area (Å²) in [6, 6.07) is 11.4. The fraction of sp³-hybridized carbons (Fsp3) is 0.200. The summed E-state index contributed by atoms with van der Waals surface area (Å²) in [7, 11) is 0. The van der Waals surface area contributed by atoms with E-state index < -0.39 is 0 Å². The molecule has 1 heterocycles. The SMILES string of the molecule is O=C(CCOc1ccccc1)Cc1cncc(Br)c1. The third-order valence-electron chi connectivity index (χ3n) is 2.56. The standard InChI is InChI=1S/C15H14BrNO2/c16-13-8-12(10-17-11-13)9-14(18)6-7-19-15-4-2-1-3-5-15/h1-5,8,10-11H,6-7,9H2. The molecule has 0 aliphatic rings. The molecule has 0 radical (unpaired) electrons. The van der Waals surface area contributed by atoms with E-state index in [1.54, 1.807) is 12.4 Å². The monoisotopic (exact) mass is 319 g/mol. The van der Waals surface area contributed by atoms with Crippen LogP contribution in [0.1, 0.15) is 12.0 Å². The molecule has 98 valence electrons. The van der Waals surface area contributed by atoms with Gasteiger partial charge in [0, 0.05) is 29.7 Å². The fourth-order valence-corrected chi connectivity index (χ4v) is 2.08. The van der Waals surface area contributed by atoms with Gasteiger partial charge in [0.05, 0.1) is 6.61 Å². The first-order valence-electron chi connectivity index (χ1n) is 6.03. The molecule has 0 spiro atoms. The Balaban J connectivity index is 1.76. The topological polar surface area (TPSA) is 39.2 Å². The van der Waals surface area contributed by atoms with Crippen molar-refractivity contribution in [3.63, 3.8) is 0 Å². The van der Waals surface area contributed by atoms with Crippen molar-refractivity contribution in [1.82, 2.24) is 4.98 Å². The van der Waals surface area contributed by atoms with E-state index in [1.807, 2.05) is 36.4 Å². The Labute approximate surface area is 120 Å². The van der Waals surface area contributed by atoms with E-state index in [1.165, 1.54) is 0 Å². The maximum Gasteiger partial charge on any atom is 0.140 e. The van der Waals surface area contributed by atoms with Gasteiger partial charge in [-0.3, -0.25) is 9.78 Å². The van der Waals surface area contributed by atoms with E-state index >= 15 is 0 Å². The van der Waals surface area contributed by atoms with Crippen molar-refractivity contribution in [2.24, 2.45) is 0 Å². The molecule has 19 heavy (non-hydrogen) atoms. The van der Waals surface area contributed by atoms with Gasteiger partial charge >= 0.3 is 0 Å². The number of ketones is 1. The molecule has 0 aliphatic carbocycles. The van der Waals surface area contributed by atoms with Crippen LogP contribution in [-0.2, 0) is 11.2 Å². The van der Waals surface area contributed by atoms with Crippen LogP contribution in [0.5, 0.6) is 5.75 Å². The van der Waals surface area contributed by atoms with Crippen molar-refractivity contribution in [2.45, 2.75) is 12.8 Å². The van der Waals surface area contributed by atoms with Crippen LogP contribution in [0.4, 0.5) is 0 Å². The van der Waals surface area contributed by atoms with E-state index in [-0.39, 0.29) is 5.78 Å². The number of carbonyl (C=O) groups excluding carboxylic acids is 1. The normalized spacial score (nSPS) is 10.2. The molecule has 2 aromatic rings. The van der Waals surface area contributed by atoms with Crippen molar-refractivity contribution in [1.29, 1.82) is 0 Å². The van der Waals surface area contributed by atoms with E-state index in [0.29, 0.717) is 19.4 Å². The highest BCUT2D eigenvalue weighted by Crippen LogP contribution is 2.11. The van der Waals surface area contributed by atoms with Crippen LogP contribution in [0.2, 0.25) is 0 Å². The van der Waals surface area contributed by atoms with Gasteiger partial charge in [0.15, 0.2) is 0 Å². The number of rotatable bonds is 6. The molecule has 0 N–H and O–H groups in total. The molecule has 0 bridgehead atoms. The van der Waals surface area contributed by atoms with E-state index in [2.05, 4.69) is 20.9 Å². The second-order valence-electron chi connectivity index (χ2n) is 4.14. The number of pyridine rings is 1. The summed E-state index contributed by atoms with van der Waals surface area (Å²) in [5, 5.41) is 0. The van der Waals surface area contributed by atoms with Crippen LogP contribution in [0, 0.1) is 0 Å². The van der Waals surface area contributed by atoms with Crippen molar-refractivity contribution < 1.29 is 9.53 Å². The summed E-state index contributed by atoms with van der Waals surface area (Å²) in [6.45, 7) is 0.407. The molecule has 0 saturated heterocycles. The van der Waals surface area contributed by atoms with Crippen LogP contribution in [0.25, 0.3) is 0 Å². The van der Waals surface area contributed by atoms with Crippen molar-refractivity contribution in [2.75, 3.05) is 6.61 Å². The number of hydrogen-bond donors (Lipinski definition) is 0. The summed E-state index contributed by atoms with van der Waals surface area (Å²) >= 11 is 3.34. The molecule has 3 nitrogen and oxygen atoms in total. The predicted molar refractivity (Wildman–Crippen MR) is 77.2 cm³/mol. The highest BCUT2D eigenvalue weighted by atomic mass is 79.9. The van der Waals surface area contributed by atoms with Crippen LogP contribution in [-0.4, -0.2) is 17.4 Å². The quantitative estimate of drug-likeness (QED) is 0.819. The largest absolute Gasteiger partial charge is 0.493 e. The van der Waals surface area contributed by atoms with Crippen LogP contribution >= 0.6 is 15.9 Å². The van der Waals surface area contributed by atoms with Gasteiger partial charge in [-0.2, -0.15) is 0 Å². The highest BCUT2D eigenvalue weighted by molar-refractivity contribution is 9.10. The van der Waals surface area contributed by atoms with Crippen LogP contribution < -0.4 is 4.74 Å². The minimum Gasteiger partial charge on any atom is -0.493 e. The lowest BCUT2D eigenvalue weighted by molar-refractivity contribution is -0.118. The number of nitrogens with zero attached hydrogens (tertiary/aromatic N) is 1. The molecule has 0 fully saturated rings. The molecule has 1 aromatic heterocycles. The number of benzene rings is 1. The smallest absolute Gasteiger partial charge is 0.140 e. The lowest BCUT2D eigenvalue weighted by Crippen LogP contribution is -2.09. The first-order valence-corrected chi connectivity index (χ1v) is 6.82. The zero-order valence-electron chi connectivity index (χ0n) is 10.4. The lowest BCUT2D eigenvalue weighted by atomic mass is 10.1. The number of carbonyl (C=O) groups is 1. The Bertz CT molecular complexity index is 543. The van der Waals surface area contributed by atoms with Gasteiger partial charge in [0.1, 0.15) is 11.5 Å². The average Bonchev–Trinajstić information content (AvgIpc) is 2.40. The van der Waals surface area contributed by atoms with Crippen molar-refractivity contribution in [3.8, 4) is 5.75 Å². The zero-order valence-corrected chi connectivity index (χ0v) is 12.0. The van der Waals surface area contributed by atoms with E-state index in [9.17, 15) is 4.79 Å². The fourth-order valence-electron chi connectivity index (χ4n) is 1.67. The second kappa shape index (κ2) is 7.04. The molecule has 0 amide bonds. The molecule has 0 aliphatic heterocycles. The zero-order chi connectivity index (χ0) is 13.5. The summed E-state index contributed by atoms with van der Waals surface area (Å²) in [5.41, 5.74) is 0.916. The van der Waals surface area contributed by atoms with Gasteiger partial charge in [0.2, 0.25) is 0 Å². The molecule has 4 heteroatoms. The Morgan fingerprint density at radius 2 is 2.00 bits per heavy atom. The predicted octanol–water partition coefficient (Wildman–Crippen LogP) is 3.42. The number of aromatic nitrogens is 1. The van der Waals surface area contributed by atoms with Gasteiger partial charge in [-0.25, -0.2) is 0 Å². The van der Waals surface area contributed by atoms with Gasteiger partial charge in [0.25, 0.3) is 0 Å². The minimum absolute atomic E-state index is 0.149. The Hall–Kier alpha value is -1.68. The number of Topliss-reactive ketones (excluding diaryl/α,β-unsaturated/α-hetero) is 1. The third kappa shape index (κ3) is 4.83. The maximum absolute atomic E-state index is 11.8. The summed E-state index contributed by atoms with van der Waals surface area (Å²) < 4.78 is 6.38. The molecular weight excluding hydrogens is 306 g/mol. The number of halogens is 1. The van der Waals surface area contributed by atoms with Gasteiger partial charge < -0.3 is 4.74 Å². The second-order valence-corrected chi connectivity index (χ2v) is 5.05. The Kier molecular flexibility index (Phi) is 5.10. The molecule has 1 aromatic carbocycles. The molecular formula is C15H14BrNO2. The van der Waals surface area contributed by atoms with Gasteiger partial charge in [-0.15, -0.1) is 0 Å². The molecule has 0 atom stereocenters. The lowest BCUT2D eigenvalue weighted by Gasteiger charge is -2.05. The molecule has 2 rings (SSSR count). The van der Waals surface area contributed by atoms with Gasteiger partial charge in [-0.1, -0.05) is 18.2 Å². The Morgan fingerprint density at radius 1 is 1.21 bits per heavy atom. The maximum atomic E-state index is 11.8.